The molecule has 1 atom stereocenters. The predicted molar refractivity (Wildman–Crippen MR) is 200 cm³/mol. The van der Waals surface area contributed by atoms with Crippen LogP contribution in [0.25, 0.3) is 0 Å². The highest BCUT2D eigenvalue weighted by molar-refractivity contribution is 7.74. The molecular weight excluding hydrogens is 803 g/mol. The molecule has 19 heteroatoms. The SMILES string of the molecule is CC(C)(C)OC(=O)CN(c1ccc(C(=O)NCC(=O)O[C@@H](Cc2c(Cl)c[n+]([O-])cc2Cl)c2ccc(OC(F)F)c(OCC3CC3)c2)cc1OCC1CC1)[SH](=O)=O. The standard InChI is InChI=1S/C37H41Cl2F2N3O11S/c1-37(2,3)55-34(46)18-44(56(49)50)28-10-8-24(13-31(28)51-19-21-4-5-21)35(47)42-15-33(45)53-30(14-25-26(38)16-43(48)17-27(25)39)23-9-11-29(54-36(40)41)32(12-23)52-20-22-6-7-22/h8-13,16-17,21-22,30,36,56H,4-7,14-15,18-20H2,1-3H3,(H,42,47)/t30-/m0/s1. The second-order valence-corrected chi connectivity index (χ2v) is 16.1. The number of halogens is 4. The van der Waals surface area contributed by atoms with Gasteiger partial charge in [0.2, 0.25) is 10.9 Å². The molecule has 2 fully saturated rings. The van der Waals surface area contributed by atoms with Crippen molar-refractivity contribution in [3.05, 3.63) is 80.7 Å². The number of ether oxygens (including phenoxy) is 5. The Morgan fingerprint density at radius 1 is 0.929 bits per heavy atom. The van der Waals surface area contributed by atoms with Gasteiger partial charge in [0.15, 0.2) is 23.9 Å². The number of hydrogen-bond donors (Lipinski definition) is 2. The highest BCUT2D eigenvalue weighted by Gasteiger charge is 2.29. The number of rotatable bonds is 19. The Labute approximate surface area is 333 Å². The fraction of sp³-hybridized carbons (Fsp3) is 0.459. The van der Waals surface area contributed by atoms with E-state index in [1.165, 1.54) is 36.4 Å². The van der Waals surface area contributed by atoms with Crippen LogP contribution in [0, 0.1) is 17.0 Å². The van der Waals surface area contributed by atoms with E-state index in [0.717, 1.165) is 42.4 Å². The van der Waals surface area contributed by atoms with Crippen LogP contribution in [-0.4, -0.2) is 64.8 Å². The average Bonchev–Trinajstić information content (AvgIpc) is 4.04. The van der Waals surface area contributed by atoms with E-state index < -0.39 is 60.1 Å². The molecule has 5 rings (SSSR count). The Morgan fingerprint density at radius 2 is 1.55 bits per heavy atom. The Bertz CT molecular complexity index is 1980. The van der Waals surface area contributed by atoms with Crippen molar-refractivity contribution < 1.29 is 60.0 Å². The van der Waals surface area contributed by atoms with Crippen LogP contribution < -0.4 is 28.6 Å². The van der Waals surface area contributed by atoms with Crippen LogP contribution in [0.15, 0.2) is 48.8 Å². The molecule has 304 valence electrons. The molecule has 0 bridgehead atoms. The van der Waals surface area contributed by atoms with E-state index in [-0.39, 0.29) is 81.1 Å². The first-order valence-corrected chi connectivity index (χ1v) is 19.5. The van der Waals surface area contributed by atoms with Crippen molar-refractivity contribution >= 4 is 57.6 Å². The molecular formula is C37H41Cl2F2N3O11S. The molecule has 2 aromatic carbocycles. The summed E-state index contributed by atoms with van der Waals surface area (Å²) in [7, 11) is -3.34. The molecule has 1 N–H and O–H groups in total. The zero-order chi connectivity index (χ0) is 40.7. The van der Waals surface area contributed by atoms with Crippen molar-refractivity contribution in [2.24, 2.45) is 11.8 Å². The molecule has 1 amide bonds. The Morgan fingerprint density at radius 3 is 2.12 bits per heavy atom. The third kappa shape index (κ3) is 12.7. The summed E-state index contributed by atoms with van der Waals surface area (Å²) in [6.07, 6.45) is 4.47. The summed E-state index contributed by atoms with van der Waals surface area (Å²) in [5.41, 5.74) is -0.323. The smallest absolute Gasteiger partial charge is 0.387 e. The average molecular weight is 845 g/mol. The van der Waals surface area contributed by atoms with Gasteiger partial charge >= 0.3 is 18.6 Å². The van der Waals surface area contributed by atoms with Gasteiger partial charge < -0.3 is 34.2 Å². The predicted octanol–water partition coefficient (Wildman–Crippen LogP) is 5.74. The summed E-state index contributed by atoms with van der Waals surface area (Å²) in [4.78, 5) is 39.2. The Hall–Kier alpha value is -4.61. The number of pyridine rings is 1. The zero-order valence-corrected chi connectivity index (χ0v) is 33.0. The largest absolute Gasteiger partial charge is 0.619 e. The minimum atomic E-state index is -3.34. The lowest BCUT2D eigenvalue weighted by molar-refractivity contribution is -0.605. The minimum absolute atomic E-state index is 0.00285. The van der Waals surface area contributed by atoms with E-state index in [2.05, 4.69) is 10.1 Å². The zero-order valence-electron chi connectivity index (χ0n) is 30.6. The molecule has 0 saturated heterocycles. The van der Waals surface area contributed by atoms with Crippen molar-refractivity contribution in [2.75, 3.05) is 30.6 Å². The summed E-state index contributed by atoms with van der Waals surface area (Å²) in [5.74, 6) is -2.18. The lowest BCUT2D eigenvalue weighted by atomic mass is 10.0. The van der Waals surface area contributed by atoms with Crippen LogP contribution in [0.2, 0.25) is 10.0 Å². The van der Waals surface area contributed by atoms with Gasteiger partial charge in [0.1, 0.15) is 40.6 Å². The van der Waals surface area contributed by atoms with Crippen LogP contribution in [0.4, 0.5) is 14.5 Å². The van der Waals surface area contributed by atoms with E-state index in [9.17, 15) is 36.8 Å². The van der Waals surface area contributed by atoms with Gasteiger partial charge in [0, 0.05) is 17.5 Å². The number of benzene rings is 2. The maximum Gasteiger partial charge on any atom is 0.387 e. The third-order valence-corrected chi connectivity index (χ3v) is 9.81. The van der Waals surface area contributed by atoms with Crippen molar-refractivity contribution in [1.29, 1.82) is 0 Å². The molecule has 0 unspecified atom stereocenters. The Kier molecular flexibility index (Phi) is 14.1. The lowest BCUT2D eigenvalue weighted by Crippen LogP contribution is -2.34. The molecule has 2 saturated carbocycles. The fourth-order valence-corrected chi connectivity index (χ4v) is 6.49. The number of carbonyl (C=O) groups is 3. The molecule has 56 heavy (non-hydrogen) atoms. The van der Waals surface area contributed by atoms with Crippen LogP contribution in [0.3, 0.4) is 0 Å². The van der Waals surface area contributed by atoms with Gasteiger partial charge in [0.25, 0.3) is 5.91 Å². The number of nitrogens with zero attached hydrogens (tertiary/aromatic N) is 2. The highest BCUT2D eigenvalue weighted by Crippen LogP contribution is 2.38. The van der Waals surface area contributed by atoms with Gasteiger partial charge in [-0.1, -0.05) is 29.3 Å². The normalized spacial score (nSPS) is 14.6. The van der Waals surface area contributed by atoms with Crippen LogP contribution >= 0.6 is 23.2 Å². The number of nitrogens with one attached hydrogen (secondary N) is 1. The van der Waals surface area contributed by atoms with E-state index in [1.54, 1.807) is 20.8 Å². The number of hydrogen-bond acceptors (Lipinski definition) is 11. The van der Waals surface area contributed by atoms with Gasteiger partial charge in [-0.05, 0) is 94.2 Å². The fourth-order valence-electron chi connectivity index (χ4n) is 5.32. The van der Waals surface area contributed by atoms with E-state index in [1.807, 2.05) is 0 Å². The minimum Gasteiger partial charge on any atom is -0.619 e. The molecule has 0 radical (unpaired) electrons. The lowest BCUT2D eigenvalue weighted by Gasteiger charge is -2.24. The molecule has 2 aliphatic carbocycles. The van der Waals surface area contributed by atoms with E-state index in [4.69, 9.17) is 42.1 Å². The first kappa shape index (κ1) is 42.5. The van der Waals surface area contributed by atoms with Crippen molar-refractivity contribution in [3.63, 3.8) is 0 Å². The first-order valence-electron chi connectivity index (χ1n) is 17.6. The van der Waals surface area contributed by atoms with E-state index in [0.29, 0.717) is 4.73 Å². The summed E-state index contributed by atoms with van der Waals surface area (Å²) < 4.78 is 79.6. The first-order chi connectivity index (χ1) is 26.4. The number of esters is 2. The number of thiol groups is 1. The van der Waals surface area contributed by atoms with Gasteiger partial charge in [-0.3, -0.25) is 18.7 Å². The number of carbonyl (C=O) groups excluding carboxylic acids is 3. The maximum absolute atomic E-state index is 13.3. The second-order valence-electron chi connectivity index (χ2n) is 14.3. The highest BCUT2D eigenvalue weighted by atomic mass is 35.5. The van der Waals surface area contributed by atoms with Crippen LogP contribution in [0.5, 0.6) is 17.2 Å². The second kappa shape index (κ2) is 18.6. The molecule has 0 spiro atoms. The molecule has 14 nitrogen and oxygen atoms in total. The monoisotopic (exact) mass is 843 g/mol. The van der Waals surface area contributed by atoms with Gasteiger partial charge in [0.05, 0.1) is 18.9 Å². The maximum atomic E-state index is 13.3. The Balaban J connectivity index is 1.35. The molecule has 3 aromatic rings. The van der Waals surface area contributed by atoms with Gasteiger partial charge in [-0.25, -0.2) is 8.42 Å². The molecule has 0 aliphatic heterocycles. The number of amides is 1. The van der Waals surface area contributed by atoms with Crippen molar-refractivity contribution in [3.8, 4) is 17.2 Å². The number of aromatic nitrogens is 1. The summed E-state index contributed by atoms with van der Waals surface area (Å²) in [6.45, 7) is 1.01. The topological polar surface area (TPSA) is 174 Å². The van der Waals surface area contributed by atoms with Crippen molar-refractivity contribution in [1.82, 2.24) is 5.32 Å². The van der Waals surface area contributed by atoms with Gasteiger partial charge in [-0.2, -0.15) is 13.5 Å². The van der Waals surface area contributed by atoms with E-state index >= 15 is 0 Å². The third-order valence-electron chi connectivity index (χ3n) is 8.41. The molecule has 1 aromatic heterocycles. The summed E-state index contributed by atoms with van der Waals surface area (Å²) >= 11 is 12.7. The van der Waals surface area contributed by atoms with Crippen molar-refractivity contribution in [2.45, 2.75) is 71.2 Å². The number of alkyl halides is 2. The van der Waals surface area contributed by atoms with Gasteiger partial charge in [-0.15, -0.1) is 0 Å². The number of anilines is 1. The molecule has 2 aliphatic rings. The van der Waals surface area contributed by atoms with Crippen LogP contribution in [0.1, 0.15) is 74.0 Å². The summed E-state index contributed by atoms with van der Waals surface area (Å²) in [5, 5.41) is 14.3. The summed E-state index contributed by atoms with van der Waals surface area (Å²) in [6, 6.07) is 7.94. The molecule has 1 heterocycles. The quantitative estimate of drug-likeness (QED) is 0.0653. The van der Waals surface area contributed by atoms with Crippen LogP contribution in [-0.2, 0) is 36.4 Å².